The van der Waals surface area contributed by atoms with Gasteiger partial charge in [0, 0.05) is 30.6 Å². The van der Waals surface area contributed by atoms with E-state index in [0.29, 0.717) is 11.5 Å². The molecule has 5 heterocycles. The lowest BCUT2D eigenvalue weighted by Gasteiger charge is -2.49. The Labute approximate surface area is 175 Å². The van der Waals surface area contributed by atoms with Gasteiger partial charge < -0.3 is 9.74 Å². The van der Waals surface area contributed by atoms with Gasteiger partial charge in [0.25, 0.3) is 0 Å². The molecule has 3 saturated heterocycles. The smallest absolute Gasteiger partial charge is 0.160 e. The van der Waals surface area contributed by atoms with Crippen LogP contribution in [0, 0.1) is 17.6 Å². The Hall–Kier alpha value is -2.47. The number of hydrogen-bond donors (Lipinski definition) is 0. The number of nitrogens with zero attached hydrogens (tertiary/aromatic N) is 3. The lowest BCUT2D eigenvalue weighted by molar-refractivity contribution is -0.136. The standard InChI is InChI=1S/C24H25F2N3O/c25-18-5-6-20(21(26)13-18)23-19-4-2-1-3-16(19)7-12-29(23)22-14-24(30-27-22)15-28-10-8-17(24)9-11-28/h1-6,13,17,23H,7-12,14-15H2/t23-,24-/m1/s1. The summed E-state index contributed by atoms with van der Waals surface area (Å²) >= 11 is 0. The molecule has 3 fully saturated rings. The van der Waals surface area contributed by atoms with E-state index in [0.717, 1.165) is 69.3 Å². The van der Waals surface area contributed by atoms with Crippen LogP contribution in [0.5, 0.6) is 0 Å². The van der Waals surface area contributed by atoms with Gasteiger partial charge in [-0.1, -0.05) is 35.5 Å². The highest BCUT2D eigenvalue weighted by Crippen LogP contribution is 2.46. The molecule has 7 rings (SSSR count). The van der Waals surface area contributed by atoms with Crippen LogP contribution in [0.2, 0.25) is 0 Å². The summed E-state index contributed by atoms with van der Waals surface area (Å²) in [6, 6.07) is 11.7. The highest BCUT2D eigenvalue weighted by Gasteiger charge is 2.53. The molecule has 0 radical (unpaired) electrons. The SMILES string of the molecule is Fc1ccc([C@H]2c3ccccc3CCN2C2=NO[C@]3(C2)CN2CCC3CC2)c(F)c1. The third kappa shape index (κ3) is 2.77. The van der Waals surface area contributed by atoms with Crippen LogP contribution in [0.4, 0.5) is 8.78 Å². The van der Waals surface area contributed by atoms with Crippen molar-refractivity contribution >= 4 is 5.84 Å². The maximum Gasteiger partial charge on any atom is 0.160 e. The zero-order valence-corrected chi connectivity index (χ0v) is 16.9. The third-order valence-electron chi connectivity index (χ3n) is 7.49. The van der Waals surface area contributed by atoms with Crippen LogP contribution in [0.1, 0.15) is 42.0 Å². The molecule has 4 nitrogen and oxygen atoms in total. The average Bonchev–Trinajstić information content (AvgIpc) is 3.17. The van der Waals surface area contributed by atoms with Crippen molar-refractivity contribution in [1.29, 1.82) is 0 Å². The van der Waals surface area contributed by atoms with E-state index in [9.17, 15) is 8.78 Å². The number of oxime groups is 1. The zero-order chi connectivity index (χ0) is 20.3. The van der Waals surface area contributed by atoms with Crippen LogP contribution < -0.4 is 0 Å². The van der Waals surface area contributed by atoms with Gasteiger partial charge in [-0.3, -0.25) is 4.90 Å². The first-order chi connectivity index (χ1) is 14.6. The molecule has 0 aromatic heterocycles. The monoisotopic (exact) mass is 409 g/mol. The summed E-state index contributed by atoms with van der Waals surface area (Å²) in [7, 11) is 0. The summed E-state index contributed by atoms with van der Waals surface area (Å²) in [6.07, 6.45) is 3.94. The minimum absolute atomic E-state index is 0.241. The van der Waals surface area contributed by atoms with Crippen molar-refractivity contribution < 1.29 is 13.6 Å². The molecule has 6 heteroatoms. The summed E-state index contributed by atoms with van der Waals surface area (Å²) in [5.74, 6) is 0.354. The Morgan fingerprint density at radius 1 is 1.00 bits per heavy atom. The van der Waals surface area contributed by atoms with E-state index in [-0.39, 0.29) is 11.6 Å². The molecule has 30 heavy (non-hydrogen) atoms. The average molecular weight is 409 g/mol. The van der Waals surface area contributed by atoms with Crippen molar-refractivity contribution in [3.63, 3.8) is 0 Å². The van der Waals surface area contributed by atoms with E-state index in [1.165, 1.54) is 11.6 Å². The van der Waals surface area contributed by atoms with Gasteiger partial charge in [0.15, 0.2) is 5.60 Å². The fourth-order valence-corrected chi connectivity index (χ4v) is 5.96. The number of hydrogen-bond acceptors (Lipinski definition) is 4. The second-order valence-corrected chi connectivity index (χ2v) is 9.10. The number of amidine groups is 1. The van der Waals surface area contributed by atoms with Gasteiger partial charge in [-0.15, -0.1) is 0 Å². The van der Waals surface area contributed by atoms with E-state index < -0.39 is 11.6 Å². The van der Waals surface area contributed by atoms with Crippen LogP contribution in [0.25, 0.3) is 0 Å². The van der Waals surface area contributed by atoms with Crippen molar-refractivity contribution in [1.82, 2.24) is 9.80 Å². The number of piperidine rings is 3. The minimum Gasteiger partial charge on any atom is -0.386 e. The molecule has 0 amide bonds. The third-order valence-corrected chi connectivity index (χ3v) is 7.49. The maximum atomic E-state index is 14.9. The fraction of sp³-hybridized carbons (Fsp3) is 0.458. The van der Waals surface area contributed by atoms with Crippen molar-refractivity contribution in [3.05, 3.63) is 70.8 Å². The molecule has 1 spiro atoms. The van der Waals surface area contributed by atoms with Crippen molar-refractivity contribution in [2.45, 2.75) is 37.3 Å². The highest BCUT2D eigenvalue weighted by atomic mass is 19.1. The number of halogens is 2. The Balaban J connectivity index is 1.38. The lowest BCUT2D eigenvalue weighted by atomic mass is 9.73. The number of rotatable bonds is 1. The Bertz CT molecular complexity index is 1020. The summed E-state index contributed by atoms with van der Waals surface area (Å²) in [4.78, 5) is 10.8. The van der Waals surface area contributed by atoms with E-state index in [2.05, 4.69) is 27.1 Å². The number of fused-ring (bicyclic) bond motifs is 3. The second-order valence-electron chi connectivity index (χ2n) is 9.10. The summed E-state index contributed by atoms with van der Waals surface area (Å²) < 4.78 is 28.5. The van der Waals surface area contributed by atoms with Gasteiger partial charge in [0.1, 0.15) is 17.5 Å². The molecule has 0 N–H and O–H groups in total. The van der Waals surface area contributed by atoms with Crippen LogP contribution in [-0.4, -0.2) is 47.4 Å². The first kappa shape index (κ1) is 18.3. The molecule has 5 aliphatic heterocycles. The molecule has 2 aromatic carbocycles. The summed E-state index contributed by atoms with van der Waals surface area (Å²) in [6.45, 7) is 3.95. The Morgan fingerprint density at radius 2 is 1.83 bits per heavy atom. The van der Waals surface area contributed by atoms with E-state index >= 15 is 0 Å². The maximum absolute atomic E-state index is 14.9. The molecular weight excluding hydrogens is 384 g/mol. The van der Waals surface area contributed by atoms with Crippen LogP contribution in [0.15, 0.2) is 47.6 Å². The Kier molecular flexibility index (Phi) is 4.13. The highest BCUT2D eigenvalue weighted by molar-refractivity contribution is 5.85. The molecule has 2 bridgehead atoms. The quantitative estimate of drug-likeness (QED) is 0.710. The number of benzene rings is 2. The predicted molar refractivity (Wildman–Crippen MR) is 110 cm³/mol. The van der Waals surface area contributed by atoms with Crippen molar-refractivity contribution in [3.8, 4) is 0 Å². The van der Waals surface area contributed by atoms with Crippen molar-refractivity contribution in [2.75, 3.05) is 26.2 Å². The van der Waals surface area contributed by atoms with Crippen LogP contribution in [-0.2, 0) is 11.3 Å². The molecular formula is C24H25F2N3O. The molecule has 0 aliphatic carbocycles. The first-order valence-corrected chi connectivity index (χ1v) is 10.9. The normalized spacial score (nSPS) is 32.1. The van der Waals surface area contributed by atoms with E-state index in [1.807, 2.05) is 12.1 Å². The van der Waals surface area contributed by atoms with Gasteiger partial charge >= 0.3 is 0 Å². The Morgan fingerprint density at radius 3 is 2.60 bits per heavy atom. The van der Waals surface area contributed by atoms with E-state index in [4.69, 9.17) is 4.84 Å². The fourth-order valence-electron chi connectivity index (χ4n) is 5.96. The molecule has 2 atom stereocenters. The lowest BCUT2D eigenvalue weighted by Crippen LogP contribution is -2.59. The van der Waals surface area contributed by atoms with Gasteiger partial charge in [0.2, 0.25) is 0 Å². The predicted octanol–water partition coefficient (Wildman–Crippen LogP) is 4.11. The van der Waals surface area contributed by atoms with Gasteiger partial charge in [-0.05, 0) is 49.5 Å². The van der Waals surface area contributed by atoms with Gasteiger partial charge in [-0.2, -0.15) is 0 Å². The van der Waals surface area contributed by atoms with Gasteiger partial charge in [-0.25, -0.2) is 8.78 Å². The molecule has 5 aliphatic rings. The molecule has 0 unspecified atom stereocenters. The van der Waals surface area contributed by atoms with E-state index in [1.54, 1.807) is 6.07 Å². The second kappa shape index (κ2) is 6.77. The van der Waals surface area contributed by atoms with Crippen molar-refractivity contribution in [2.24, 2.45) is 11.1 Å². The zero-order valence-electron chi connectivity index (χ0n) is 16.9. The molecule has 2 aromatic rings. The van der Waals surface area contributed by atoms with Crippen LogP contribution >= 0.6 is 0 Å². The first-order valence-electron chi connectivity index (χ1n) is 10.9. The summed E-state index contributed by atoms with van der Waals surface area (Å²) in [5, 5.41) is 4.57. The topological polar surface area (TPSA) is 28.1 Å². The molecule has 156 valence electrons. The minimum atomic E-state index is -0.556. The largest absolute Gasteiger partial charge is 0.386 e. The summed E-state index contributed by atoms with van der Waals surface area (Å²) in [5.41, 5.74) is 2.52. The van der Waals surface area contributed by atoms with Gasteiger partial charge in [0.05, 0.1) is 12.5 Å². The molecule has 0 saturated carbocycles. The van der Waals surface area contributed by atoms with Crippen LogP contribution in [0.3, 0.4) is 0 Å².